The fraction of sp³-hybridized carbons (Fsp3) is 0.500. The van der Waals surface area contributed by atoms with Crippen LogP contribution in [0.3, 0.4) is 0 Å². The minimum Gasteiger partial charge on any atom is -0.312 e. The Hall–Kier alpha value is -1.08. The SMILES string of the molecule is CNC(c1cccc(C(F)(F)F)c1)C(C)S(C)(=O)=O. The third-order valence-electron chi connectivity index (χ3n) is 3.03. The van der Waals surface area contributed by atoms with Gasteiger partial charge in [-0.3, -0.25) is 0 Å². The summed E-state index contributed by atoms with van der Waals surface area (Å²) < 4.78 is 60.9. The fourth-order valence-corrected chi connectivity index (χ4v) is 2.62. The Morgan fingerprint density at radius 2 is 1.84 bits per heavy atom. The van der Waals surface area contributed by atoms with E-state index in [1.807, 2.05) is 0 Å². The Bertz CT molecular complexity index is 540. The number of rotatable bonds is 4. The van der Waals surface area contributed by atoms with Crippen LogP contribution in [0.2, 0.25) is 0 Å². The van der Waals surface area contributed by atoms with Gasteiger partial charge in [0, 0.05) is 12.3 Å². The molecule has 0 spiro atoms. The lowest BCUT2D eigenvalue weighted by atomic mass is 10.0. The van der Waals surface area contributed by atoms with Crippen molar-refractivity contribution in [1.29, 1.82) is 0 Å². The Kier molecular flexibility index (Phi) is 4.63. The van der Waals surface area contributed by atoms with E-state index < -0.39 is 32.9 Å². The monoisotopic (exact) mass is 295 g/mol. The van der Waals surface area contributed by atoms with Crippen LogP contribution in [0, 0.1) is 0 Å². The third kappa shape index (κ3) is 3.94. The molecule has 3 nitrogen and oxygen atoms in total. The van der Waals surface area contributed by atoms with Gasteiger partial charge in [0.05, 0.1) is 10.8 Å². The predicted octanol–water partition coefficient (Wildman–Crippen LogP) is 2.40. The summed E-state index contributed by atoms with van der Waals surface area (Å²) in [7, 11) is -1.83. The third-order valence-corrected chi connectivity index (χ3v) is 4.65. The van der Waals surface area contributed by atoms with Crippen molar-refractivity contribution in [2.75, 3.05) is 13.3 Å². The van der Waals surface area contributed by atoms with Gasteiger partial charge in [0.2, 0.25) is 0 Å². The standard InChI is InChI=1S/C12H16F3NO2S/c1-8(19(3,17)18)11(16-2)9-5-4-6-10(7-9)12(13,14)15/h4-8,11,16H,1-3H3. The maximum absolute atomic E-state index is 12.6. The van der Waals surface area contributed by atoms with E-state index in [9.17, 15) is 21.6 Å². The zero-order valence-electron chi connectivity index (χ0n) is 10.8. The zero-order valence-corrected chi connectivity index (χ0v) is 11.6. The molecule has 0 amide bonds. The smallest absolute Gasteiger partial charge is 0.312 e. The summed E-state index contributed by atoms with van der Waals surface area (Å²) in [5.41, 5.74) is -0.485. The van der Waals surface area contributed by atoms with E-state index in [2.05, 4.69) is 5.32 Å². The van der Waals surface area contributed by atoms with E-state index in [-0.39, 0.29) is 0 Å². The number of hydrogen-bond acceptors (Lipinski definition) is 3. The van der Waals surface area contributed by atoms with E-state index in [4.69, 9.17) is 0 Å². The number of benzene rings is 1. The largest absolute Gasteiger partial charge is 0.416 e. The molecule has 0 aliphatic rings. The van der Waals surface area contributed by atoms with Crippen molar-refractivity contribution in [3.63, 3.8) is 0 Å². The van der Waals surface area contributed by atoms with E-state index in [1.165, 1.54) is 26.1 Å². The van der Waals surface area contributed by atoms with Crippen molar-refractivity contribution in [3.8, 4) is 0 Å². The Labute approximate surface area is 110 Å². The molecule has 2 unspecified atom stereocenters. The summed E-state index contributed by atoms with van der Waals surface area (Å²) in [5, 5.41) is 1.94. The topological polar surface area (TPSA) is 46.2 Å². The molecule has 0 saturated heterocycles. The summed E-state index contributed by atoms with van der Waals surface area (Å²) in [4.78, 5) is 0. The van der Waals surface area contributed by atoms with Gasteiger partial charge in [0.15, 0.2) is 9.84 Å². The first-order valence-corrected chi connectivity index (χ1v) is 7.56. The maximum atomic E-state index is 12.6. The van der Waals surface area contributed by atoms with Gasteiger partial charge in [-0.15, -0.1) is 0 Å². The molecule has 0 aliphatic heterocycles. The van der Waals surface area contributed by atoms with Gasteiger partial charge >= 0.3 is 6.18 Å². The van der Waals surface area contributed by atoms with E-state index >= 15 is 0 Å². The van der Waals surface area contributed by atoms with Gasteiger partial charge in [-0.1, -0.05) is 12.1 Å². The van der Waals surface area contributed by atoms with Crippen molar-refractivity contribution < 1.29 is 21.6 Å². The van der Waals surface area contributed by atoms with Crippen LogP contribution in [0.4, 0.5) is 13.2 Å². The first-order valence-electron chi connectivity index (χ1n) is 5.60. The molecule has 2 atom stereocenters. The number of nitrogens with one attached hydrogen (secondary N) is 1. The van der Waals surface area contributed by atoms with Crippen LogP contribution in [-0.2, 0) is 16.0 Å². The maximum Gasteiger partial charge on any atom is 0.416 e. The highest BCUT2D eigenvalue weighted by Crippen LogP contribution is 2.31. The normalized spacial score (nSPS) is 16.1. The molecule has 0 saturated carbocycles. The molecule has 19 heavy (non-hydrogen) atoms. The lowest BCUT2D eigenvalue weighted by Crippen LogP contribution is -2.33. The van der Waals surface area contributed by atoms with Gasteiger partial charge in [-0.25, -0.2) is 8.42 Å². The number of alkyl halides is 3. The number of halogens is 3. The average Bonchev–Trinajstić information content (AvgIpc) is 2.28. The average molecular weight is 295 g/mol. The second-order valence-corrected chi connectivity index (χ2v) is 6.83. The summed E-state index contributed by atoms with van der Waals surface area (Å²) in [6.45, 7) is 1.47. The Morgan fingerprint density at radius 3 is 2.26 bits per heavy atom. The summed E-state index contributed by atoms with van der Waals surface area (Å²) >= 11 is 0. The van der Waals surface area contributed by atoms with Crippen LogP contribution >= 0.6 is 0 Å². The molecule has 1 aromatic rings. The molecule has 0 bridgehead atoms. The van der Waals surface area contributed by atoms with Gasteiger partial charge in [-0.2, -0.15) is 13.2 Å². The van der Waals surface area contributed by atoms with Gasteiger partial charge in [-0.05, 0) is 31.7 Å². The number of sulfone groups is 1. The molecule has 0 radical (unpaired) electrons. The first kappa shape index (κ1) is 16.0. The molecule has 1 rings (SSSR count). The second kappa shape index (κ2) is 5.50. The van der Waals surface area contributed by atoms with Crippen molar-refractivity contribution in [2.24, 2.45) is 0 Å². The predicted molar refractivity (Wildman–Crippen MR) is 67.6 cm³/mol. The van der Waals surface area contributed by atoms with Gasteiger partial charge in [0.1, 0.15) is 0 Å². The van der Waals surface area contributed by atoms with E-state index in [0.29, 0.717) is 5.56 Å². The first-order chi connectivity index (χ1) is 8.57. The van der Waals surface area contributed by atoms with Crippen LogP contribution in [0.1, 0.15) is 24.1 Å². The Balaban J connectivity index is 3.20. The quantitative estimate of drug-likeness (QED) is 0.928. The van der Waals surface area contributed by atoms with Crippen molar-refractivity contribution in [3.05, 3.63) is 35.4 Å². The molecule has 7 heteroatoms. The summed E-state index contributed by atoms with van der Waals surface area (Å²) in [5.74, 6) is 0. The van der Waals surface area contributed by atoms with Crippen molar-refractivity contribution in [1.82, 2.24) is 5.32 Å². The Morgan fingerprint density at radius 1 is 1.26 bits per heavy atom. The van der Waals surface area contributed by atoms with Crippen LogP contribution in [0.25, 0.3) is 0 Å². The summed E-state index contributed by atoms with van der Waals surface area (Å²) in [6.07, 6.45) is -3.38. The highest BCUT2D eigenvalue weighted by molar-refractivity contribution is 7.91. The van der Waals surface area contributed by atoms with Crippen molar-refractivity contribution in [2.45, 2.75) is 24.4 Å². The molecular formula is C12H16F3NO2S. The van der Waals surface area contributed by atoms with Crippen LogP contribution in [0.5, 0.6) is 0 Å². The molecule has 0 aromatic heterocycles. The van der Waals surface area contributed by atoms with Crippen molar-refractivity contribution >= 4 is 9.84 Å². The molecule has 1 N–H and O–H groups in total. The second-order valence-electron chi connectivity index (χ2n) is 4.42. The zero-order chi connectivity index (χ0) is 14.8. The molecule has 0 aliphatic carbocycles. The molecule has 1 aromatic carbocycles. The van der Waals surface area contributed by atoms with Crippen LogP contribution in [-0.4, -0.2) is 27.0 Å². The van der Waals surface area contributed by atoms with Crippen LogP contribution in [0.15, 0.2) is 24.3 Å². The fourth-order valence-electron chi connectivity index (χ4n) is 1.83. The van der Waals surface area contributed by atoms with Crippen LogP contribution < -0.4 is 5.32 Å². The van der Waals surface area contributed by atoms with Gasteiger partial charge < -0.3 is 5.32 Å². The minimum absolute atomic E-state index is 0.301. The minimum atomic E-state index is -4.44. The molecule has 0 fully saturated rings. The molecule has 0 heterocycles. The van der Waals surface area contributed by atoms with E-state index in [1.54, 1.807) is 0 Å². The number of hydrogen-bond donors (Lipinski definition) is 1. The molecule has 108 valence electrons. The highest BCUT2D eigenvalue weighted by atomic mass is 32.2. The van der Waals surface area contributed by atoms with E-state index in [0.717, 1.165) is 18.4 Å². The van der Waals surface area contributed by atoms with Gasteiger partial charge in [0.25, 0.3) is 0 Å². The molecular weight excluding hydrogens is 279 g/mol. The lowest BCUT2D eigenvalue weighted by molar-refractivity contribution is -0.137. The summed E-state index contributed by atoms with van der Waals surface area (Å²) in [6, 6.07) is 4.01. The lowest BCUT2D eigenvalue weighted by Gasteiger charge is -2.23. The highest BCUT2D eigenvalue weighted by Gasteiger charge is 2.32.